The SMILES string of the molecule is CCc1nc2cc(N)cc(C(=O)N3CCN(c4ccncc4)CC3)c2n1CCCOC. The van der Waals surface area contributed by atoms with Crippen molar-refractivity contribution in [1.82, 2.24) is 19.4 Å². The van der Waals surface area contributed by atoms with E-state index in [1.165, 1.54) is 0 Å². The quantitative estimate of drug-likeness (QED) is 0.465. The molecule has 2 N–H and O–H groups in total. The molecule has 31 heavy (non-hydrogen) atoms. The van der Waals surface area contributed by atoms with Crippen molar-refractivity contribution in [2.24, 2.45) is 0 Å². The van der Waals surface area contributed by atoms with Gasteiger partial charge in [-0.25, -0.2) is 4.98 Å². The van der Waals surface area contributed by atoms with Crippen molar-refractivity contribution >= 4 is 28.3 Å². The van der Waals surface area contributed by atoms with Crippen LogP contribution in [-0.2, 0) is 17.7 Å². The summed E-state index contributed by atoms with van der Waals surface area (Å²) in [6, 6.07) is 7.67. The Morgan fingerprint density at radius 2 is 1.90 bits per heavy atom. The van der Waals surface area contributed by atoms with Crippen LogP contribution in [0.5, 0.6) is 0 Å². The van der Waals surface area contributed by atoms with Crippen LogP contribution in [-0.4, -0.2) is 65.2 Å². The Bertz CT molecular complexity index is 1040. The van der Waals surface area contributed by atoms with Gasteiger partial charge in [-0.05, 0) is 30.7 Å². The van der Waals surface area contributed by atoms with Crippen LogP contribution in [0.15, 0.2) is 36.7 Å². The maximum Gasteiger partial charge on any atom is 0.256 e. The molecule has 0 bridgehead atoms. The summed E-state index contributed by atoms with van der Waals surface area (Å²) in [6.45, 7) is 6.40. The number of nitrogens with zero attached hydrogens (tertiary/aromatic N) is 5. The maximum atomic E-state index is 13.6. The van der Waals surface area contributed by atoms with Crippen LogP contribution in [0.2, 0.25) is 0 Å². The number of aryl methyl sites for hydroxylation is 2. The third-order valence-electron chi connectivity index (χ3n) is 5.81. The number of amides is 1. The minimum Gasteiger partial charge on any atom is -0.399 e. The number of methoxy groups -OCH3 is 1. The van der Waals surface area contributed by atoms with E-state index >= 15 is 0 Å². The molecule has 0 spiro atoms. The first-order valence-electron chi connectivity index (χ1n) is 10.8. The van der Waals surface area contributed by atoms with E-state index in [4.69, 9.17) is 15.5 Å². The highest BCUT2D eigenvalue weighted by Gasteiger charge is 2.26. The minimum atomic E-state index is 0.0159. The lowest BCUT2D eigenvalue weighted by Crippen LogP contribution is -2.48. The van der Waals surface area contributed by atoms with Gasteiger partial charge in [0.15, 0.2) is 0 Å². The Balaban J connectivity index is 1.61. The van der Waals surface area contributed by atoms with Gasteiger partial charge in [0.1, 0.15) is 5.82 Å². The lowest BCUT2D eigenvalue weighted by molar-refractivity contribution is 0.0748. The first kappa shape index (κ1) is 21.1. The monoisotopic (exact) mass is 422 g/mol. The number of fused-ring (bicyclic) bond motifs is 1. The smallest absolute Gasteiger partial charge is 0.256 e. The van der Waals surface area contributed by atoms with E-state index in [2.05, 4.69) is 21.4 Å². The third kappa shape index (κ3) is 4.34. The number of rotatable bonds is 7. The maximum absolute atomic E-state index is 13.6. The van der Waals surface area contributed by atoms with Crippen LogP contribution >= 0.6 is 0 Å². The molecule has 8 heteroatoms. The number of piperazine rings is 1. The number of nitrogens with two attached hydrogens (primary N) is 1. The Morgan fingerprint density at radius 3 is 2.58 bits per heavy atom. The molecule has 4 rings (SSSR count). The number of nitrogen functional groups attached to an aromatic ring is 1. The number of hydrogen-bond acceptors (Lipinski definition) is 6. The van der Waals surface area contributed by atoms with Gasteiger partial charge in [-0.1, -0.05) is 6.92 Å². The summed E-state index contributed by atoms with van der Waals surface area (Å²) < 4.78 is 7.39. The molecule has 1 fully saturated rings. The van der Waals surface area contributed by atoms with E-state index in [1.807, 2.05) is 23.1 Å². The molecule has 2 aromatic heterocycles. The van der Waals surface area contributed by atoms with Gasteiger partial charge in [-0.2, -0.15) is 0 Å². The number of imidazole rings is 1. The summed E-state index contributed by atoms with van der Waals surface area (Å²) in [4.78, 5) is 26.6. The average molecular weight is 423 g/mol. The zero-order valence-electron chi connectivity index (χ0n) is 18.3. The second kappa shape index (κ2) is 9.34. The molecule has 0 unspecified atom stereocenters. The molecule has 0 radical (unpaired) electrons. The first-order chi connectivity index (χ1) is 15.1. The van der Waals surface area contributed by atoms with E-state index in [0.29, 0.717) is 30.9 Å². The lowest BCUT2D eigenvalue weighted by Gasteiger charge is -2.36. The van der Waals surface area contributed by atoms with Crippen molar-refractivity contribution in [3.05, 3.63) is 48.0 Å². The van der Waals surface area contributed by atoms with Gasteiger partial charge < -0.3 is 24.8 Å². The van der Waals surface area contributed by atoms with Crippen LogP contribution in [0, 0.1) is 0 Å². The highest BCUT2D eigenvalue weighted by molar-refractivity contribution is 6.06. The van der Waals surface area contributed by atoms with Gasteiger partial charge in [0.25, 0.3) is 5.91 Å². The molecule has 3 aromatic rings. The molecular formula is C23H30N6O2. The molecule has 1 amide bonds. The second-order valence-electron chi connectivity index (χ2n) is 7.80. The average Bonchev–Trinajstić information content (AvgIpc) is 3.16. The summed E-state index contributed by atoms with van der Waals surface area (Å²) in [5.74, 6) is 0.982. The standard InChI is InChI=1S/C23H30N6O2/c1-3-21-26-20-16-17(24)15-19(22(20)29(21)9-4-14-31-2)23(30)28-12-10-27(11-13-28)18-5-7-25-8-6-18/h5-8,15-16H,3-4,9-14,24H2,1-2H3. The molecular weight excluding hydrogens is 392 g/mol. The van der Waals surface area contributed by atoms with Gasteiger partial charge in [0, 0.05) is 76.6 Å². The summed E-state index contributed by atoms with van der Waals surface area (Å²) in [5.41, 5.74) is 10.2. The number of aromatic nitrogens is 3. The third-order valence-corrected chi connectivity index (χ3v) is 5.81. The summed E-state index contributed by atoms with van der Waals surface area (Å²) in [7, 11) is 1.70. The highest BCUT2D eigenvalue weighted by Crippen LogP contribution is 2.27. The van der Waals surface area contributed by atoms with Crippen LogP contribution in [0.25, 0.3) is 11.0 Å². The number of anilines is 2. The fraction of sp³-hybridized carbons (Fsp3) is 0.435. The lowest BCUT2D eigenvalue weighted by atomic mass is 10.1. The van der Waals surface area contributed by atoms with Crippen LogP contribution in [0.3, 0.4) is 0 Å². The van der Waals surface area contributed by atoms with Crippen LogP contribution in [0.1, 0.15) is 29.5 Å². The number of pyridine rings is 1. The first-order valence-corrected chi connectivity index (χ1v) is 10.8. The fourth-order valence-corrected chi connectivity index (χ4v) is 4.27. The Kier molecular flexibility index (Phi) is 6.36. The molecule has 164 valence electrons. The van der Waals surface area contributed by atoms with Gasteiger partial charge in [0.05, 0.1) is 16.6 Å². The molecule has 1 aliphatic heterocycles. The van der Waals surface area contributed by atoms with Crippen molar-refractivity contribution in [1.29, 1.82) is 0 Å². The topological polar surface area (TPSA) is 89.5 Å². The zero-order valence-corrected chi connectivity index (χ0v) is 18.3. The largest absolute Gasteiger partial charge is 0.399 e. The van der Waals surface area contributed by atoms with Crippen molar-refractivity contribution < 1.29 is 9.53 Å². The molecule has 0 aliphatic carbocycles. The molecule has 0 saturated carbocycles. The number of ether oxygens (including phenoxy) is 1. The Morgan fingerprint density at radius 1 is 1.16 bits per heavy atom. The Hall–Kier alpha value is -3.13. The van der Waals surface area contributed by atoms with E-state index in [9.17, 15) is 4.79 Å². The fourth-order valence-electron chi connectivity index (χ4n) is 4.27. The van der Waals surface area contributed by atoms with Crippen LogP contribution in [0.4, 0.5) is 11.4 Å². The Labute approximate surface area is 182 Å². The molecule has 0 atom stereocenters. The number of benzene rings is 1. The predicted molar refractivity (Wildman–Crippen MR) is 122 cm³/mol. The van der Waals surface area contributed by atoms with Gasteiger partial charge in [-0.15, -0.1) is 0 Å². The van der Waals surface area contributed by atoms with Gasteiger partial charge in [-0.3, -0.25) is 9.78 Å². The molecule has 1 aromatic carbocycles. The van der Waals surface area contributed by atoms with Crippen LogP contribution < -0.4 is 10.6 Å². The second-order valence-corrected chi connectivity index (χ2v) is 7.80. The predicted octanol–water partition coefficient (Wildman–Crippen LogP) is 2.57. The number of hydrogen-bond donors (Lipinski definition) is 1. The molecule has 1 saturated heterocycles. The summed E-state index contributed by atoms with van der Waals surface area (Å²) in [6.07, 6.45) is 5.25. The van der Waals surface area contributed by atoms with E-state index in [1.54, 1.807) is 25.6 Å². The zero-order chi connectivity index (χ0) is 21.8. The van der Waals surface area contributed by atoms with E-state index in [0.717, 1.165) is 55.0 Å². The molecule has 3 heterocycles. The van der Waals surface area contributed by atoms with E-state index < -0.39 is 0 Å². The number of carbonyl (C=O) groups excluding carboxylic acids is 1. The normalized spacial score (nSPS) is 14.4. The van der Waals surface area contributed by atoms with Gasteiger partial charge in [0.2, 0.25) is 0 Å². The minimum absolute atomic E-state index is 0.0159. The number of carbonyl (C=O) groups is 1. The van der Waals surface area contributed by atoms with Gasteiger partial charge >= 0.3 is 0 Å². The van der Waals surface area contributed by atoms with Crippen molar-refractivity contribution in [2.45, 2.75) is 26.3 Å². The van der Waals surface area contributed by atoms with Crippen molar-refractivity contribution in [2.75, 3.05) is 50.5 Å². The van der Waals surface area contributed by atoms with Crippen molar-refractivity contribution in [3.8, 4) is 0 Å². The summed E-state index contributed by atoms with van der Waals surface area (Å²) >= 11 is 0. The summed E-state index contributed by atoms with van der Waals surface area (Å²) in [5, 5.41) is 0. The highest BCUT2D eigenvalue weighted by atomic mass is 16.5. The van der Waals surface area contributed by atoms with E-state index in [-0.39, 0.29) is 5.91 Å². The molecule has 8 nitrogen and oxygen atoms in total. The molecule has 1 aliphatic rings. The van der Waals surface area contributed by atoms with Crippen molar-refractivity contribution in [3.63, 3.8) is 0 Å².